The smallest absolute Gasteiger partial charge is 0.407 e. The Morgan fingerprint density at radius 2 is 1.66 bits per heavy atom. The van der Waals surface area contributed by atoms with Gasteiger partial charge in [0.05, 0.1) is 0 Å². The molecule has 0 spiro atoms. The monoisotopic (exact) mass is 477 g/mol. The number of rotatable bonds is 7. The minimum absolute atomic E-state index is 0.0859. The molecule has 2 saturated heterocycles. The van der Waals surface area contributed by atoms with Crippen LogP contribution in [0.25, 0.3) is 11.1 Å². The highest BCUT2D eigenvalue weighted by atomic mass is 16.5. The highest BCUT2D eigenvalue weighted by molar-refractivity contribution is 5.93. The molecule has 1 saturated carbocycles. The number of carbonyl (C=O) groups excluding carboxylic acids is 2. The van der Waals surface area contributed by atoms with E-state index in [-0.39, 0.29) is 30.4 Å². The minimum Gasteiger partial charge on any atom is -0.479 e. The first-order chi connectivity index (χ1) is 16.6. The number of carbonyl (C=O) groups is 3. The fourth-order valence-electron chi connectivity index (χ4n) is 6.27. The van der Waals surface area contributed by atoms with E-state index in [1.807, 2.05) is 43.3 Å². The van der Waals surface area contributed by atoms with Crippen molar-refractivity contribution in [1.29, 1.82) is 0 Å². The number of amides is 2. The quantitative estimate of drug-likeness (QED) is 0.636. The number of benzene rings is 2. The fraction of sp³-hybridized carbons (Fsp3) is 0.444. The lowest BCUT2D eigenvalue weighted by Gasteiger charge is -2.43. The van der Waals surface area contributed by atoms with Crippen molar-refractivity contribution in [1.82, 2.24) is 15.1 Å². The minimum atomic E-state index is -1.17. The summed E-state index contributed by atoms with van der Waals surface area (Å²) in [5.74, 6) is -1.45. The third kappa shape index (κ3) is 3.86. The maximum atomic E-state index is 13.5. The van der Waals surface area contributed by atoms with Gasteiger partial charge in [-0.05, 0) is 54.6 Å². The Morgan fingerprint density at radius 1 is 1.09 bits per heavy atom. The highest BCUT2D eigenvalue weighted by Gasteiger charge is 2.69. The van der Waals surface area contributed by atoms with Crippen molar-refractivity contribution in [3.8, 4) is 11.1 Å². The number of ether oxygens (including phenoxy) is 1. The lowest BCUT2D eigenvalue weighted by Crippen LogP contribution is -2.61. The van der Waals surface area contributed by atoms with Gasteiger partial charge >= 0.3 is 12.1 Å². The van der Waals surface area contributed by atoms with Crippen molar-refractivity contribution in [2.75, 3.05) is 33.8 Å². The first kappa shape index (κ1) is 23.4. The third-order valence-corrected chi connectivity index (χ3v) is 7.64. The Balaban J connectivity index is 1.29. The van der Waals surface area contributed by atoms with E-state index in [2.05, 4.69) is 17.4 Å². The number of nitrogens with zero attached hydrogens (tertiary/aromatic N) is 2. The molecule has 2 N–H and O–H groups in total. The van der Waals surface area contributed by atoms with Crippen LogP contribution in [-0.2, 0) is 14.3 Å². The van der Waals surface area contributed by atoms with Crippen molar-refractivity contribution in [3.05, 3.63) is 59.7 Å². The normalized spacial score (nSPS) is 25.0. The predicted molar refractivity (Wildman–Crippen MR) is 130 cm³/mol. The van der Waals surface area contributed by atoms with Gasteiger partial charge in [-0.15, -0.1) is 0 Å². The fourth-order valence-corrected chi connectivity index (χ4v) is 6.27. The maximum absolute atomic E-state index is 13.5. The molecule has 2 heterocycles. The standard InChI is InChI=1S/C27H31N3O5/c1-26-14-27(15-26,24(32)33)30(16-26)23(31)22(12-29(2)3)28-25(34)35-13-21-19-10-6-4-8-17(19)18-9-5-7-11-20(18)21/h4-11,21-22H,12-16H2,1-3H3,(H,28,34)(H,32,33). The number of likely N-dealkylation sites (N-methyl/N-ethyl adjacent to an activating group) is 1. The third-order valence-electron chi connectivity index (χ3n) is 7.64. The van der Waals surface area contributed by atoms with Crippen LogP contribution in [0.1, 0.15) is 36.8 Å². The largest absolute Gasteiger partial charge is 0.479 e. The number of aliphatic carboxylic acids is 1. The SMILES string of the molecule is CN(C)CC(NC(=O)OCC1c2ccccc2-c2ccccc21)C(=O)N1CC2(C)CC1(C(=O)O)C2. The van der Waals surface area contributed by atoms with E-state index in [4.69, 9.17) is 4.74 Å². The Hall–Kier alpha value is -3.39. The zero-order chi connectivity index (χ0) is 25.0. The van der Waals surface area contributed by atoms with Crippen molar-refractivity contribution in [3.63, 3.8) is 0 Å². The summed E-state index contributed by atoms with van der Waals surface area (Å²) in [6, 6.07) is 15.3. The number of nitrogens with one attached hydrogen (secondary N) is 1. The molecule has 2 aromatic rings. The number of carboxylic acid groups (broad SMARTS) is 1. The second-order valence-electron chi connectivity index (χ2n) is 10.7. The van der Waals surface area contributed by atoms with Crippen molar-refractivity contribution in [2.24, 2.45) is 5.41 Å². The van der Waals surface area contributed by atoms with Crippen LogP contribution in [0.15, 0.2) is 48.5 Å². The molecule has 1 unspecified atom stereocenters. The average Bonchev–Trinajstić information content (AvgIpc) is 3.40. The second-order valence-corrected chi connectivity index (χ2v) is 10.7. The van der Waals surface area contributed by atoms with Gasteiger partial charge in [0.2, 0.25) is 5.91 Å². The number of hydrogen-bond donors (Lipinski definition) is 2. The lowest BCUT2D eigenvalue weighted by atomic mass is 9.63. The molecule has 184 valence electrons. The molecule has 4 aliphatic rings. The van der Waals surface area contributed by atoms with Crippen LogP contribution < -0.4 is 5.32 Å². The van der Waals surface area contributed by atoms with E-state index in [1.54, 1.807) is 19.0 Å². The van der Waals surface area contributed by atoms with Crippen LogP contribution in [0, 0.1) is 5.41 Å². The number of hydrogen-bond acceptors (Lipinski definition) is 5. The van der Waals surface area contributed by atoms with Gasteiger partial charge in [0, 0.05) is 19.0 Å². The van der Waals surface area contributed by atoms with Crippen LogP contribution in [0.4, 0.5) is 4.79 Å². The van der Waals surface area contributed by atoms with Crippen LogP contribution in [-0.4, -0.2) is 78.2 Å². The van der Waals surface area contributed by atoms with Crippen molar-refractivity contribution >= 4 is 18.0 Å². The molecule has 2 aliphatic carbocycles. The summed E-state index contributed by atoms with van der Waals surface area (Å²) in [7, 11) is 3.61. The molecular weight excluding hydrogens is 446 g/mol. The average molecular weight is 478 g/mol. The second kappa shape index (κ2) is 8.37. The molecule has 2 amide bonds. The van der Waals surface area contributed by atoms with Crippen LogP contribution in [0.5, 0.6) is 0 Å². The summed E-state index contributed by atoms with van der Waals surface area (Å²) in [4.78, 5) is 41.6. The highest BCUT2D eigenvalue weighted by Crippen LogP contribution is 2.59. The van der Waals surface area contributed by atoms with E-state index in [1.165, 1.54) is 4.90 Å². The van der Waals surface area contributed by atoms with Gasteiger partial charge in [-0.3, -0.25) is 4.79 Å². The molecule has 35 heavy (non-hydrogen) atoms. The molecule has 2 bridgehead atoms. The van der Waals surface area contributed by atoms with Gasteiger partial charge in [-0.2, -0.15) is 0 Å². The van der Waals surface area contributed by atoms with Crippen molar-refractivity contribution < 1.29 is 24.2 Å². The summed E-state index contributed by atoms with van der Waals surface area (Å²) in [5, 5.41) is 12.6. The summed E-state index contributed by atoms with van der Waals surface area (Å²) in [5.41, 5.74) is 3.14. The molecule has 3 fully saturated rings. The van der Waals surface area contributed by atoms with Crippen LogP contribution >= 0.6 is 0 Å². The predicted octanol–water partition coefficient (Wildman–Crippen LogP) is 2.92. The molecular formula is C27H31N3O5. The Morgan fingerprint density at radius 3 is 2.20 bits per heavy atom. The van der Waals surface area contributed by atoms with Gasteiger partial charge in [0.15, 0.2) is 0 Å². The van der Waals surface area contributed by atoms with Crippen LogP contribution in [0.3, 0.4) is 0 Å². The number of alkyl carbamates (subject to hydrolysis) is 1. The van der Waals surface area contributed by atoms with E-state index in [9.17, 15) is 19.5 Å². The first-order valence-corrected chi connectivity index (χ1v) is 11.9. The maximum Gasteiger partial charge on any atom is 0.407 e. The Labute approximate surface area is 204 Å². The summed E-state index contributed by atoms with van der Waals surface area (Å²) in [6.07, 6.45) is 0.204. The molecule has 6 rings (SSSR count). The summed E-state index contributed by atoms with van der Waals surface area (Å²) < 4.78 is 5.64. The molecule has 2 aliphatic heterocycles. The van der Waals surface area contributed by atoms with Gasteiger partial charge in [-0.25, -0.2) is 9.59 Å². The zero-order valence-electron chi connectivity index (χ0n) is 20.3. The van der Waals surface area contributed by atoms with Gasteiger partial charge in [-0.1, -0.05) is 55.5 Å². The van der Waals surface area contributed by atoms with E-state index >= 15 is 0 Å². The lowest BCUT2D eigenvalue weighted by molar-refractivity contribution is -0.160. The van der Waals surface area contributed by atoms with E-state index in [0.29, 0.717) is 19.4 Å². The van der Waals surface area contributed by atoms with E-state index in [0.717, 1.165) is 22.3 Å². The number of fused-ring (bicyclic) bond motifs is 4. The van der Waals surface area contributed by atoms with Gasteiger partial charge in [0.1, 0.15) is 18.2 Å². The number of carboxylic acids is 1. The molecule has 8 heteroatoms. The molecule has 0 radical (unpaired) electrons. The first-order valence-electron chi connectivity index (χ1n) is 11.9. The van der Waals surface area contributed by atoms with Crippen LogP contribution in [0.2, 0.25) is 0 Å². The zero-order valence-corrected chi connectivity index (χ0v) is 20.3. The van der Waals surface area contributed by atoms with E-state index < -0.39 is 23.6 Å². The Kier molecular flexibility index (Phi) is 5.59. The topological polar surface area (TPSA) is 99.2 Å². The van der Waals surface area contributed by atoms with Gasteiger partial charge < -0.3 is 25.0 Å². The molecule has 8 nitrogen and oxygen atoms in total. The van der Waals surface area contributed by atoms with Crippen molar-refractivity contribution in [2.45, 2.75) is 37.3 Å². The summed E-state index contributed by atoms with van der Waals surface area (Å²) in [6.45, 7) is 2.77. The molecule has 0 aromatic heterocycles. The Bertz CT molecular complexity index is 1140. The van der Waals surface area contributed by atoms with Gasteiger partial charge in [0.25, 0.3) is 0 Å². The molecule has 2 aromatic carbocycles. The molecule has 1 atom stereocenters. The summed E-state index contributed by atoms with van der Waals surface area (Å²) >= 11 is 0.